The van der Waals surface area contributed by atoms with Crippen LogP contribution in [0.5, 0.6) is 5.75 Å². The Bertz CT molecular complexity index is 956. The third-order valence-electron chi connectivity index (χ3n) is 4.18. The Morgan fingerprint density at radius 2 is 1.55 bits per heavy atom. The second kappa shape index (κ2) is 9.94. The summed E-state index contributed by atoms with van der Waals surface area (Å²) in [5.41, 5.74) is 2.74. The minimum Gasteiger partial charge on any atom is -0.497 e. The summed E-state index contributed by atoms with van der Waals surface area (Å²) in [6.07, 6.45) is 0. The van der Waals surface area contributed by atoms with E-state index in [-0.39, 0.29) is 12.5 Å². The minimum absolute atomic E-state index is 0.340. The average molecular weight is 390 g/mol. The summed E-state index contributed by atoms with van der Waals surface area (Å²) in [4.78, 5) is 24.5. The van der Waals surface area contributed by atoms with Crippen LogP contribution >= 0.6 is 0 Å². The Hall–Kier alpha value is -3.80. The predicted octanol–water partition coefficient (Wildman–Crippen LogP) is 3.91. The molecule has 2 N–H and O–H groups in total. The molecule has 0 spiro atoms. The van der Waals surface area contributed by atoms with Crippen molar-refractivity contribution in [1.82, 2.24) is 5.32 Å². The Labute approximate surface area is 169 Å². The SMILES string of the molecule is COc1ccc(CNC(=O)COC(=O)c2ccccc2Nc2ccccc2)cc1. The number of para-hydroxylation sites is 2. The molecule has 0 bridgehead atoms. The second-order valence-corrected chi connectivity index (χ2v) is 6.24. The van der Waals surface area contributed by atoms with Gasteiger partial charge in [-0.25, -0.2) is 4.79 Å². The number of hydrogen-bond donors (Lipinski definition) is 2. The van der Waals surface area contributed by atoms with Crippen molar-refractivity contribution in [2.75, 3.05) is 19.0 Å². The first kappa shape index (κ1) is 19.9. The van der Waals surface area contributed by atoms with Crippen LogP contribution in [0.3, 0.4) is 0 Å². The molecule has 0 aromatic heterocycles. The molecule has 3 aromatic rings. The zero-order valence-electron chi connectivity index (χ0n) is 16.1. The highest BCUT2D eigenvalue weighted by Gasteiger charge is 2.14. The molecular formula is C23H22N2O4. The molecule has 1 amide bonds. The summed E-state index contributed by atoms with van der Waals surface area (Å²) in [6.45, 7) is -0.0127. The van der Waals surface area contributed by atoms with Gasteiger partial charge >= 0.3 is 5.97 Å². The van der Waals surface area contributed by atoms with Crippen molar-refractivity contribution >= 4 is 23.3 Å². The molecule has 0 atom stereocenters. The standard InChI is InChI=1S/C23H22N2O4/c1-28-19-13-11-17(12-14-19)15-24-22(26)16-29-23(27)20-9-5-6-10-21(20)25-18-7-3-2-4-8-18/h2-14,25H,15-16H2,1H3,(H,24,26). The van der Waals surface area contributed by atoms with Gasteiger partial charge < -0.3 is 20.1 Å². The maximum Gasteiger partial charge on any atom is 0.340 e. The highest BCUT2D eigenvalue weighted by Crippen LogP contribution is 2.21. The summed E-state index contributed by atoms with van der Waals surface area (Å²) >= 11 is 0. The van der Waals surface area contributed by atoms with Crippen molar-refractivity contribution in [3.05, 3.63) is 90.0 Å². The fourth-order valence-corrected chi connectivity index (χ4v) is 2.65. The lowest BCUT2D eigenvalue weighted by Gasteiger charge is -2.12. The maximum absolute atomic E-state index is 12.4. The molecule has 0 aliphatic rings. The van der Waals surface area contributed by atoms with Crippen LogP contribution in [0, 0.1) is 0 Å². The molecule has 0 saturated heterocycles. The number of esters is 1. The first-order chi connectivity index (χ1) is 14.2. The van der Waals surface area contributed by atoms with Gasteiger partial charge in [0.1, 0.15) is 5.75 Å². The number of carbonyl (C=O) groups excluding carboxylic acids is 2. The molecule has 0 fully saturated rings. The van der Waals surface area contributed by atoms with Gasteiger partial charge in [-0.05, 0) is 42.0 Å². The van der Waals surface area contributed by atoms with Crippen molar-refractivity contribution < 1.29 is 19.1 Å². The number of benzene rings is 3. The molecule has 148 valence electrons. The summed E-state index contributed by atoms with van der Waals surface area (Å²) in [7, 11) is 1.60. The van der Waals surface area contributed by atoms with Crippen molar-refractivity contribution in [3.8, 4) is 5.75 Å². The number of carbonyl (C=O) groups is 2. The topological polar surface area (TPSA) is 76.7 Å². The van der Waals surface area contributed by atoms with Crippen molar-refractivity contribution in [3.63, 3.8) is 0 Å². The van der Waals surface area contributed by atoms with E-state index in [1.807, 2.05) is 60.7 Å². The molecule has 3 rings (SSSR count). The van der Waals surface area contributed by atoms with Gasteiger partial charge in [-0.15, -0.1) is 0 Å². The average Bonchev–Trinajstić information content (AvgIpc) is 2.77. The van der Waals surface area contributed by atoms with Gasteiger partial charge in [0.15, 0.2) is 6.61 Å². The van der Waals surface area contributed by atoms with Crippen molar-refractivity contribution in [2.24, 2.45) is 0 Å². The van der Waals surface area contributed by atoms with Crippen LogP contribution in [-0.2, 0) is 16.1 Å². The third kappa shape index (κ3) is 5.84. The predicted molar refractivity (Wildman–Crippen MR) is 111 cm³/mol. The number of rotatable bonds is 8. The number of amides is 1. The van der Waals surface area contributed by atoms with E-state index in [1.165, 1.54) is 0 Å². The lowest BCUT2D eigenvalue weighted by molar-refractivity contribution is -0.124. The zero-order chi connectivity index (χ0) is 20.5. The monoisotopic (exact) mass is 390 g/mol. The molecule has 0 aliphatic heterocycles. The normalized spacial score (nSPS) is 10.1. The van der Waals surface area contributed by atoms with Crippen LogP contribution in [0.25, 0.3) is 0 Å². The second-order valence-electron chi connectivity index (χ2n) is 6.24. The first-order valence-electron chi connectivity index (χ1n) is 9.13. The van der Waals surface area contributed by atoms with Gasteiger partial charge in [-0.1, -0.05) is 42.5 Å². The third-order valence-corrected chi connectivity index (χ3v) is 4.18. The molecule has 0 aliphatic carbocycles. The molecule has 0 heterocycles. The van der Waals surface area contributed by atoms with Gasteiger partial charge in [0.05, 0.1) is 18.4 Å². The van der Waals surface area contributed by atoms with Gasteiger partial charge in [0.2, 0.25) is 0 Å². The minimum atomic E-state index is -0.566. The number of methoxy groups -OCH3 is 1. The van der Waals surface area contributed by atoms with Crippen LogP contribution in [-0.4, -0.2) is 25.6 Å². The van der Waals surface area contributed by atoms with E-state index in [9.17, 15) is 9.59 Å². The highest BCUT2D eigenvalue weighted by atomic mass is 16.5. The molecular weight excluding hydrogens is 368 g/mol. The smallest absolute Gasteiger partial charge is 0.340 e. The quantitative estimate of drug-likeness (QED) is 0.570. The lowest BCUT2D eigenvalue weighted by atomic mass is 10.1. The largest absolute Gasteiger partial charge is 0.497 e. The van der Waals surface area contributed by atoms with E-state index in [1.54, 1.807) is 25.3 Å². The van der Waals surface area contributed by atoms with E-state index in [0.717, 1.165) is 17.0 Å². The van der Waals surface area contributed by atoms with Crippen LogP contribution in [0.1, 0.15) is 15.9 Å². The molecule has 29 heavy (non-hydrogen) atoms. The number of hydrogen-bond acceptors (Lipinski definition) is 5. The Morgan fingerprint density at radius 1 is 0.862 bits per heavy atom. The maximum atomic E-state index is 12.4. The van der Waals surface area contributed by atoms with Crippen LogP contribution in [0.4, 0.5) is 11.4 Å². The fraction of sp³-hybridized carbons (Fsp3) is 0.130. The van der Waals surface area contributed by atoms with Gasteiger partial charge in [-0.3, -0.25) is 4.79 Å². The molecule has 3 aromatic carbocycles. The van der Waals surface area contributed by atoms with Crippen LogP contribution in [0.15, 0.2) is 78.9 Å². The molecule has 0 unspecified atom stereocenters. The number of ether oxygens (including phenoxy) is 2. The number of anilines is 2. The molecule has 0 saturated carbocycles. The highest BCUT2D eigenvalue weighted by molar-refractivity contribution is 5.97. The van der Waals surface area contributed by atoms with E-state index >= 15 is 0 Å². The van der Waals surface area contributed by atoms with E-state index in [2.05, 4.69) is 10.6 Å². The molecule has 0 radical (unpaired) electrons. The Morgan fingerprint density at radius 3 is 2.28 bits per heavy atom. The summed E-state index contributed by atoms with van der Waals surface area (Å²) in [6, 6.07) is 23.9. The van der Waals surface area contributed by atoms with Crippen molar-refractivity contribution in [2.45, 2.75) is 6.54 Å². The van der Waals surface area contributed by atoms with E-state index in [0.29, 0.717) is 17.8 Å². The van der Waals surface area contributed by atoms with Gasteiger partial charge in [-0.2, -0.15) is 0 Å². The summed E-state index contributed by atoms with van der Waals surface area (Å²) < 4.78 is 10.3. The van der Waals surface area contributed by atoms with Crippen molar-refractivity contribution in [1.29, 1.82) is 0 Å². The lowest BCUT2D eigenvalue weighted by Crippen LogP contribution is -2.28. The zero-order valence-corrected chi connectivity index (χ0v) is 16.1. The van der Waals surface area contributed by atoms with Gasteiger partial charge in [0.25, 0.3) is 5.91 Å². The number of nitrogens with one attached hydrogen (secondary N) is 2. The fourth-order valence-electron chi connectivity index (χ4n) is 2.65. The first-order valence-corrected chi connectivity index (χ1v) is 9.13. The van der Waals surface area contributed by atoms with E-state index < -0.39 is 5.97 Å². The Balaban J connectivity index is 1.53. The van der Waals surface area contributed by atoms with Crippen LogP contribution < -0.4 is 15.4 Å². The Kier molecular flexibility index (Phi) is 6.84. The van der Waals surface area contributed by atoms with Crippen LogP contribution in [0.2, 0.25) is 0 Å². The molecule has 6 nitrogen and oxygen atoms in total. The van der Waals surface area contributed by atoms with Gasteiger partial charge in [0, 0.05) is 12.2 Å². The molecule has 6 heteroatoms. The van der Waals surface area contributed by atoms with E-state index in [4.69, 9.17) is 9.47 Å². The summed E-state index contributed by atoms with van der Waals surface area (Å²) in [5, 5.41) is 5.91. The summed E-state index contributed by atoms with van der Waals surface area (Å²) in [5.74, 6) is -0.192.